The summed E-state index contributed by atoms with van der Waals surface area (Å²) in [6.07, 6.45) is 2.82. The lowest BCUT2D eigenvalue weighted by Gasteiger charge is -2.13. The molecule has 82 valence electrons. The zero-order valence-electron chi connectivity index (χ0n) is 9.62. The molecule has 0 radical (unpaired) electrons. The molecule has 1 aromatic carbocycles. The molecule has 0 spiro atoms. The van der Waals surface area contributed by atoms with Crippen LogP contribution in [0.2, 0.25) is 0 Å². The molecule has 1 aliphatic carbocycles. The fourth-order valence-corrected chi connectivity index (χ4v) is 1.62. The molecule has 0 unspecified atom stereocenters. The van der Waals surface area contributed by atoms with E-state index in [9.17, 15) is 0 Å². The minimum absolute atomic E-state index is 0.444. The molecule has 1 saturated carbocycles. The Morgan fingerprint density at radius 1 is 1.27 bits per heavy atom. The first-order valence-corrected chi connectivity index (χ1v) is 5.55. The number of hydrogen-bond acceptors (Lipinski definition) is 2. The highest BCUT2D eigenvalue weighted by Crippen LogP contribution is 2.33. The highest BCUT2D eigenvalue weighted by Gasteiger charge is 2.23. The van der Waals surface area contributed by atoms with Crippen LogP contribution in [0.25, 0.3) is 0 Å². The Kier molecular flexibility index (Phi) is 2.85. The third-order valence-electron chi connectivity index (χ3n) is 2.65. The van der Waals surface area contributed by atoms with Crippen LogP contribution < -0.4 is 9.47 Å². The second-order valence-corrected chi connectivity index (χ2v) is 4.38. The Balaban J connectivity index is 2.20. The van der Waals surface area contributed by atoms with Crippen molar-refractivity contribution in [3.63, 3.8) is 0 Å². The van der Waals surface area contributed by atoms with Crippen molar-refractivity contribution in [3.05, 3.63) is 23.8 Å². The molecule has 1 aromatic rings. The zero-order chi connectivity index (χ0) is 10.8. The molecule has 0 bridgehead atoms. The van der Waals surface area contributed by atoms with Gasteiger partial charge in [0, 0.05) is 6.07 Å². The molecule has 15 heavy (non-hydrogen) atoms. The standard InChI is InChI=1S/C13H18O2/c1-9(2)12-7-6-11(8-13(12)14-3)15-10-4-5-10/h6-10H,4-5H2,1-3H3. The number of hydrogen-bond donors (Lipinski definition) is 0. The predicted molar refractivity (Wildman–Crippen MR) is 60.7 cm³/mol. The highest BCUT2D eigenvalue weighted by atomic mass is 16.5. The maximum Gasteiger partial charge on any atom is 0.126 e. The van der Waals surface area contributed by atoms with E-state index in [1.54, 1.807) is 7.11 Å². The lowest BCUT2D eigenvalue weighted by Crippen LogP contribution is -1.99. The summed E-state index contributed by atoms with van der Waals surface area (Å²) < 4.78 is 11.1. The summed E-state index contributed by atoms with van der Waals surface area (Å²) in [5, 5.41) is 0. The first kappa shape index (κ1) is 10.3. The monoisotopic (exact) mass is 206 g/mol. The Bertz CT molecular complexity index is 340. The summed E-state index contributed by atoms with van der Waals surface area (Å²) >= 11 is 0. The Hall–Kier alpha value is -1.18. The van der Waals surface area contributed by atoms with Gasteiger partial charge in [0.25, 0.3) is 0 Å². The molecule has 0 saturated heterocycles. The minimum Gasteiger partial charge on any atom is -0.496 e. The van der Waals surface area contributed by atoms with Crippen molar-refractivity contribution < 1.29 is 9.47 Å². The van der Waals surface area contributed by atoms with E-state index >= 15 is 0 Å². The van der Waals surface area contributed by atoms with Crippen LogP contribution >= 0.6 is 0 Å². The summed E-state index contributed by atoms with van der Waals surface area (Å²) in [6.45, 7) is 4.33. The zero-order valence-corrected chi connectivity index (χ0v) is 9.62. The molecule has 2 rings (SSSR count). The van der Waals surface area contributed by atoms with Crippen molar-refractivity contribution in [3.8, 4) is 11.5 Å². The SMILES string of the molecule is COc1cc(OC2CC2)ccc1C(C)C. The van der Waals surface area contributed by atoms with Gasteiger partial charge in [0.15, 0.2) is 0 Å². The summed E-state index contributed by atoms with van der Waals surface area (Å²) in [6, 6.07) is 6.13. The summed E-state index contributed by atoms with van der Waals surface area (Å²) in [4.78, 5) is 0. The Morgan fingerprint density at radius 2 is 2.00 bits per heavy atom. The van der Waals surface area contributed by atoms with Gasteiger partial charge in [-0.25, -0.2) is 0 Å². The first-order valence-electron chi connectivity index (χ1n) is 5.55. The lowest BCUT2D eigenvalue weighted by atomic mass is 10.0. The van der Waals surface area contributed by atoms with Crippen LogP contribution in [0, 0.1) is 0 Å². The fourth-order valence-electron chi connectivity index (χ4n) is 1.62. The minimum atomic E-state index is 0.444. The number of benzene rings is 1. The van der Waals surface area contributed by atoms with Gasteiger partial charge in [0.05, 0.1) is 13.2 Å². The summed E-state index contributed by atoms with van der Waals surface area (Å²) in [7, 11) is 1.71. The molecule has 0 atom stereocenters. The molecule has 0 N–H and O–H groups in total. The Labute approximate surface area is 91.2 Å². The van der Waals surface area contributed by atoms with Gasteiger partial charge in [-0.1, -0.05) is 19.9 Å². The van der Waals surface area contributed by atoms with Crippen molar-refractivity contribution >= 4 is 0 Å². The predicted octanol–water partition coefficient (Wildman–Crippen LogP) is 3.36. The lowest BCUT2D eigenvalue weighted by molar-refractivity contribution is 0.300. The van der Waals surface area contributed by atoms with Gasteiger partial charge in [-0.3, -0.25) is 0 Å². The van der Waals surface area contributed by atoms with E-state index in [2.05, 4.69) is 19.9 Å². The van der Waals surface area contributed by atoms with E-state index in [4.69, 9.17) is 9.47 Å². The van der Waals surface area contributed by atoms with Crippen LogP contribution in [0.5, 0.6) is 11.5 Å². The number of rotatable bonds is 4. The summed E-state index contributed by atoms with van der Waals surface area (Å²) in [5.74, 6) is 2.34. The number of methoxy groups -OCH3 is 1. The van der Waals surface area contributed by atoms with Crippen molar-refractivity contribution in [2.24, 2.45) is 0 Å². The van der Waals surface area contributed by atoms with Crippen LogP contribution in [0.1, 0.15) is 38.2 Å². The van der Waals surface area contributed by atoms with Gasteiger partial charge in [0.1, 0.15) is 11.5 Å². The van der Waals surface area contributed by atoms with Crippen LogP contribution in [0.4, 0.5) is 0 Å². The maximum atomic E-state index is 5.72. The van der Waals surface area contributed by atoms with Gasteiger partial charge >= 0.3 is 0 Å². The van der Waals surface area contributed by atoms with Crippen LogP contribution in [-0.2, 0) is 0 Å². The van der Waals surface area contributed by atoms with E-state index in [0.29, 0.717) is 12.0 Å². The maximum absolute atomic E-state index is 5.72. The van der Waals surface area contributed by atoms with E-state index in [1.165, 1.54) is 18.4 Å². The molecule has 0 aromatic heterocycles. The largest absolute Gasteiger partial charge is 0.496 e. The fraction of sp³-hybridized carbons (Fsp3) is 0.538. The van der Waals surface area contributed by atoms with Crippen molar-refractivity contribution in [2.45, 2.75) is 38.7 Å². The molecule has 2 nitrogen and oxygen atoms in total. The molecule has 0 aliphatic heterocycles. The quantitative estimate of drug-likeness (QED) is 0.752. The topological polar surface area (TPSA) is 18.5 Å². The van der Waals surface area contributed by atoms with Gasteiger partial charge in [-0.2, -0.15) is 0 Å². The third kappa shape index (κ3) is 2.44. The van der Waals surface area contributed by atoms with Gasteiger partial charge in [-0.05, 0) is 30.4 Å². The van der Waals surface area contributed by atoms with E-state index in [0.717, 1.165) is 11.5 Å². The van der Waals surface area contributed by atoms with E-state index < -0.39 is 0 Å². The van der Waals surface area contributed by atoms with Crippen molar-refractivity contribution in [1.29, 1.82) is 0 Å². The molecule has 0 amide bonds. The molecule has 1 fully saturated rings. The molecular formula is C13H18O2. The van der Waals surface area contributed by atoms with Gasteiger partial charge in [-0.15, -0.1) is 0 Å². The van der Waals surface area contributed by atoms with Crippen LogP contribution in [0.15, 0.2) is 18.2 Å². The normalized spacial score (nSPS) is 15.5. The van der Waals surface area contributed by atoms with E-state index in [1.807, 2.05) is 12.1 Å². The third-order valence-corrected chi connectivity index (χ3v) is 2.65. The van der Waals surface area contributed by atoms with Gasteiger partial charge < -0.3 is 9.47 Å². The smallest absolute Gasteiger partial charge is 0.126 e. The molecular weight excluding hydrogens is 188 g/mol. The summed E-state index contributed by atoms with van der Waals surface area (Å²) in [5.41, 5.74) is 1.24. The van der Waals surface area contributed by atoms with Crippen LogP contribution in [-0.4, -0.2) is 13.2 Å². The molecule has 0 heterocycles. The highest BCUT2D eigenvalue weighted by molar-refractivity contribution is 5.42. The molecule has 1 aliphatic rings. The average Bonchev–Trinajstić information content (AvgIpc) is 3.01. The first-order chi connectivity index (χ1) is 7.20. The van der Waals surface area contributed by atoms with E-state index in [-0.39, 0.29) is 0 Å². The Morgan fingerprint density at radius 3 is 2.53 bits per heavy atom. The second-order valence-electron chi connectivity index (χ2n) is 4.38. The van der Waals surface area contributed by atoms with Gasteiger partial charge in [0.2, 0.25) is 0 Å². The van der Waals surface area contributed by atoms with Crippen molar-refractivity contribution in [1.82, 2.24) is 0 Å². The van der Waals surface area contributed by atoms with Crippen molar-refractivity contribution in [2.75, 3.05) is 7.11 Å². The second kappa shape index (κ2) is 4.13. The molecule has 2 heteroatoms. The van der Waals surface area contributed by atoms with Crippen LogP contribution in [0.3, 0.4) is 0 Å². The average molecular weight is 206 g/mol. The number of ether oxygens (including phenoxy) is 2.